The third kappa shape index (κ3) is 7.85. The molecule has 4 nitrogen and oxygen atoms in total. The summed E-state index contributed by atoms with van der Waals surface area (Å²) in [6.07, 6.45) is 2.76. The molecular weight excluding hydrogens is 254 g/mol. The molecule has 0 aliphatic rings. The first-order chi connectivity index (χ1) is 9.12. The monoisotopic (exact) mass is 287 g/mol. The van der Waals surface area contributed by atoms with E-state index in [0.29, 0.717) is 6.61 Å². The van der Waals surface area contributed by atoms with E-state index < -0.39 is 0 Å². The summed E-state index contributed by atoms with van der Waals surface area (Å²) in [6.45, 7) is 14.2. The highest BCUT2D eigenvalue weighted by atomic mass is 16.5. The summed E-state index contributed by atoms with van der Waals surface area (Å²) in [7, 11) is 1.84. The zero-order valence-corrected chi connectivity index (χ0v) is 14.4. The van der Waals surface area contributed by atoms with Crippen LogP contribution in [-0.4, -0.2) is 48.8 Å². The van der Waals surface area contributed by atoms with Gasteiger partial charge in [0.1, 0.15) is 0 Å². The Morgan fingerprint density at radius 3 is 2.15 bits per heavy atom. The highest BCUT2D eigenvalue weighted by molar-refractivity contribution is 5.73. The van der Waals surface area contributed by atoms with Crippen LogP contribution in [0, 0.1) is 0 Å². The van der Waals surface area contributed by atoms with Crippen LogP contribution >= 0.6 is 0 Å². The van der Waals surface area contributed by atoms with Gasteiger partial charge >= 0.3 is 0 Å². The lowest BCUT2D eigenvalue weighted by Gasteiger charge is -2.36. The summed E-state index contributed by atoms with van der Waals surface area (Å²) >= 11 is 0. The number of carbonyl (C=O) groups excluding carboxylic acids is 1. The maximum atomic E-state index is 11.4. The fourth-order valence-electron chi connectivity index (χ4n) is 1.81. The van der Waals surface area contributed by atoms with Gasteiger partial charge in [-0.2, -0.15) is 0 Å². The van der Waals surface area contributed by atoms with E-state index in [1.54, 1.807) is 11.8 Å². The molecule has 1 amide bonds. The number of amides is 1. The minimum absolute atomic E-state index is 0.0854. The lowest BCUT2D eigenvalue weighted by Crippen LogP contribution is -2.45. The molecule has 120 valence electrons. The molecule has 0 rings (SSSR count). The molecule has 4 heteroatoms. The number of hydrogen-bond donors (Lipinski definition) is 0. The Bertz CT molecular complexity index is 287. The summed E-state index contributed by atoms with van der Waals surface area (Å²) in [6, 6.07) is 0. The molecule has 0 spiro atoms. The van der Waals surface area contributed by atoms with Gasteiger partial charge in [-0.15, -0.1) is 0 Å². The molecule has 0 atom stereocenters. The highest BCUT2D eigenvalue weighted by Crippen LogP contribution is 2.21. The van der Waals surface area contributed by atoms with Crippen molar-refractivity contribution in [1.82, 2.24) is 4.90 Å². The van der Waals surface area contributed by atoms with E-state index in [9.17, 15) is 4.79 Å². The van der Waals surface area contributed by atoms with Crippen molar-refractivity contribution in [3.05, 3.63) is 0 Å². The summed E-state index contributed by atoms with van der Waals surface area (Å²) in [5.41, 5.74) is -0.362. The zero-order valence-electron chi connectivity index (χ0n) is 14.4. The molecule has 20 heavy (non-hydrogen) atoms. The number of hydrogen-bond acceptors (Lipinski definition) is 3. The third-order valence-electron chi connectivity index (χ3n) is 3.78. The van der Waals surface area contributed by atoms with Gasteiger partial charge in [0.25, 0.3) is 0 Å². The maximum absolute atomic E-state index is 11.4. The first-order valence-electron chi connectivity index (χ1n) is 7.58. The van der Waals surface area contributed by atoms with Gasteiger partial charge in [-0.3, -0.25) is 4.79 Å². The normalized spacial score (nSPS) is 12.6. The summed E-state index contributed by atoms with van der Waals surface area (Å²) in [5, 5.41) is 0. The van der Waals surface area contributed by atoms with Crippen LogP contribution in [0.25, 0.3) is 0 Å². The Morgan fingerprint density at radius 1 is 1.05 bits per heavy atom. The van der Waals surface area contributed by atoms with Crippen molar-refractivity contribution in [3.63, 3.8) is 0 Å². The molecule has 0 bridgehead atoms. The van der Waals surface area contributed by atoms with Crippen LogP contribution in [0.4, 0.5) is 0 Å². The van der Waals surface area contributed by atoms with Crippen LogP contribution in [0.1, 0.15) is 60.8 Å². The van der Waals surface area contributed by atoms with Crippen LogP contribution in [0.3, 0.4) is 0 Å². The van der Waals surface area contributed by atoms with Gasteiger partial charge in [0, 0.05) is 39.3 Å². The second kappa shape index (κ2) is 8.63. The molecule has 0 fully saturated rings. The number of rotatable bonds is 10. The predicted octanol–water partition coefficient (Wildman–Crippen LogP) is 3.25. The summed E-state index contributed by atoms with van der Waals surface area (Å²) < 4.78 is 11.5. The molecule has 0 radical (unpaired) electrons. The number of ether oxygens (including phenoxy) is 2. The smallest absolute Gasteiger partial charge is 0.219 e. The molecule has 0 saturated heterocycles. The van der Waals surface area contributed by atoms with Gasteiger partial charge in [0.15, 0.2) is 0 Å². The van der Waals surface area contributed by atoms with Crippen molar-refractivity contribution in [1.29, 1.82) is 0 Å². The maximum Gasteiger partial charge on any atom is 0.219 e. The molecular formula is C16H33NO3. The third-order valence-corrected chi connectivity index (χ3v) is 3.78. The second-order valence-corrected chi connectivity index (χ2v) is 6.61. The first kappa shape index (κ1) is 19.4. The molecule has 0 aromatic carbocycles. The zero-order chi connectivity index (χ0) is 15.8. The first-order valence-corrected chi connectivity index (χ1v) is 7.58. The molecule has 0 aromatic rings. The number of nitrogens with zero attached hydrogens (tertiary/aromatic N) is 1. The van der Waals surface area contributed by atoms with Crippen molar-refractivity contribution in [2.24, 2.45) is 0 Å². The molecule has 0 aliphatic heterocycles. The fraction of sp³-hybridized carbons (Fsp3) is 0.938. The topological polar surface area (TPSA) is 38.8 Å². The van der Waals surface area contributed by atoms with Crippen molar-refractivity contribution < 1.29 is 14.3 Å². The fourth-order valence-corrected chi connectivity index (χ4v) is 1.81. The van der Waals surface area contributed by atoms with Gasteiger partial charge in [0.2, 0.25) is 5.91 Å². The van der Waals surface area contributed by atoms with Crippen molar-refractivity contribution in [2.45, 2.75) is 71.9 Å². The lowest BCUT2D eigenvalue weighted by molar-refractivity contribution is -0.133. The van der Waals surface area contributed by atoms with Gasteiger partial charge in [-0.1, -0.05) is 6.92 Å². The SMILES string of the molecule is CCCOCCC(C)(C)OCCC(C)(C)N(C)C(C)=O. The van der Waals surface area contributed by atoms with E-state index in [4.69, 9.17) is 9.47 Å². The molecule has 0 saturated carbocycles. The van der Waals surface area contributed by atoms with Crippen LogP contribution in [0.2, 0.25) is 0 Å². The molecule has 0 heterocycles. The molecule has 0 aliphatic carbocycles. The summed E-state index contributed by atoms with van der Waals surface area (Å²) in [4.78, 5) is 13.2. The average molecular weight is 287 g/mol. The van der Waals surface area contributed by atoms with Crippen LogP contribution < -0.4 is 0 Å². The second-order valence-electron chi connectivity index (χ2n) is 6.61. The van der Waals surface area contributed by atoms with E-state index in [2.05, 4.69) is 34.6 Å². The molecule has 0 aromatic heterocycles. The van der Waals surface area contributed by atoms with Crippen LogP contribution in [-0.2, 0) is 14.3 Å². The van der Waals surface area contributed by atoms with Crippen molar-refractivity contribution >= 4 is 5.91 Å². The summed E-state index contributed by atoms with van der Waals surface area (Å²) in [5.74, 6) is 0.0854. The minimum atomic E-state index is -0.182. The van der Waals surface area contributed by atoms with E-state index in [0.717, 1.165) is 32.5 Å². The largest absolute Gasteiger partial charge is 0.381 e. The Balaban J connectivity index is 4.05. The van der Waals surface area contributed by atoms with E-state index in [1.165, 1.54) is 0 Å². The lowest BCUT2D eigenvalue weighted by atomic mass is 9.98. The van der Waals surface area contributed by atoms with Gasteiger partial charge in [0.05, 0.1) is 5.60 Å². The Hall–Kier alpha value is -0.610. The van der Waals surface area contributed by atoms with Gasteiger partial charge < -0.3 is 14.4 Å². The van der Waals surface area contributed by atoms with Crippen molar-refractivity contribution in [2.75, 3.05) is 26.9 Å². The van der Waals surface area contributed by atoms with Gasteiger partial charge in [-0.25, -0.2) is 0 Å². The standard InChI is InChI=1S/C16H33NO3/c1-8-11-19-12-10-16(5,6)20-13-9-15(3,4)17(7)14(2)18/h8-13H2,1-7H3. The average Bonchev–Trinajstić information content (AvgIpc) is 2.33. The van der Waals surface area contributed by atoms with Crippen LogP contribution in [0.15, 0.2) is 0 Å². The van der Waals surface area contributed by atoms with Gasteiger partial charge in [-0.05, 0) is 47.0 Å². The Morgan fingerprint density at radius 2 is 1.65 bits per heavy atom. The Labute approximate surface area is 124 Å². The molecule has 0 unspecified atom stereocenters. The van der Waals surface area contributed by atoms with Crippen LogP contribution in [0.5, 0.6) is 0 Å². The van der Waals surface area contributed by atoms with Crippen molar-refractivity contribution in [3.8, 4) is 0 Å². The predicted molar refractivity (Wildman–Crippen MR) is 82.9 cm³/mol. The molecule has 0 N–H and O–H groups in total. The number of carbonyl (C=O) groups is 1. The van der Waals surface area contributed by atoms with E-state index in [-0.39, 0.29) is 17.0 Å². The Kier molecular flexibility index (Phi) is 8.36. The van der Waals surface area contributed by atoms with E-state index in [1.807, 2.05) is 7.05 Å². The minimum Gasteiger partial charge on any atom is -0.381 e. The van der Waals surface area contributed by atoms with E-state index >= 15 is 0 Å². The highest BCUT2D eigenvalue weighted by Gasteiger charge is 2.27. The quantitative estimate of drug-likeness (QED) is 0.579.